The van der Waals surface area contributed by atoms with Crippen molar-refractivity contribution in [3.05, 3.63) is 59.9 Å². The highest BCUT2D eigenvalue weighted by molar-refractivity contribution is 5.98. The first-order chi connectivity index (χ1) is 10.1. The minimum atomic E-state index is -0.655. The van der Waals surface area contributed by atoms with Crippen molar-refractivity contribution in [1.29, 1.82) is 0 Å². The second kappa shape index (κ2) is 5.56. The average Bonchev–Trinajstić information content (AvgIpc) is 2.90. The number of benzene rings is 2. The van der Waals surface area contributed by atoms with Crippen molar-refractivity contribution in [2.75, 3.05) is 11.4 Å². The molecule has 1 aliphatic heterocycles. The van der Waals surface area contributed by atoms with Crippen LogP contribution in [-0.4, -0.2) is 18.6 Å². The van der Waals surface area contributed by atoms with E-state index in [0.29, 0.717) is 12.3 Å². The van der Waals surface area contributed by atoms with Crippen molar-refractivity contribution in [2.45, 2.75) is 19.4 Å². The van der Waals surface area contributed by atoms with E-state index in [1.54, 1.807) is 24.0 Å². The molecule has 1 unspecified atom stereocenters. The maximum absolute atomic E-state index is 13.1. The Hall–Kier alpha value is -2.36. The molecule has 1 atom stereocenters. The van der Waals surface area contributed by atoms with Gasteiger partial charge in [-0.05, 0) is 37.1 Å². The molecule has 3 nitrogen and oxygen atoms in total. The predicted molar refractivity (Wildman–Crippen MR) is 79.0 cm³/mol. The van der Waals surface area contributed by atoms with Gasteiger partial charge >= 0.3 is 0 Å². The lowest BCUT2D eigenvalue weighted by Crippen LogP contribution is -2.39. The van der Waals surface area contributed by atoms with Gasteiger partial charge in [-0.1, -0.05) is 24.3 Å². The zero-order chi connectivity index (χ0) is 14.8. The fourth-order valence-electron chi connectivity index (χ4n) is 2.58. The highest BCUT2D eigenvalue weighted by Gasteiger charge is 2.28. The van der Waals surface area contributed by atoms with Crippen LogP contribution in [0.25, 0.3) is 0 Å². The second-order valence-corrected chi connectivity index (χ2v) is 5.09. The topological polar surface area (TPSA) is 29.5 Å². The summed E-state index contributed by atoms with van der Waals surface area (Å²) in [7, 11) is 0. The van der Waals surface area contributed by atoms with Crippen LogP contribution >= 0.6 is 0 Å². The third-order valence-electron chi connectivity index (χ3n) is 3.61. The van der Waals surface area contributed by atoms with Gasteiger partial charge in [-0.3, -0.25) is 4.79 Å². The molecule has 1 amide bonds. The van der Waals surface area contributed by atoms with E-state index in [-0.39, 0.29) is 11.7 Å². The first-order valence-electron chi connectivity index (χ1n) is 6.96. The summed E-state index contributed by atoms with van der Waals surface area (Å²) in [5.41, 5.74) is 2.11. The third kappa shape index (κ3) is 2.75. The lowest BCUT2D eigenvalue weighted by atomic mass is 10.2. The monoisotopic (exact) mass is 285 g/mol. The summed E-state index contributed by atoms with van der Waals surface area (Å²) >= 11 is 0. The van der Waals surface area contributed by atoms with E-state index in [2.05, 4.69) is 0 Å². The molecule has 0 spiro atoms. The predicted octanol–water partition coefficient (Wildman–Crippen LogP) is 3.18. The number of nitrogens with zero attached hydrogens (tertiary/aromatic N) is 1. The molecule has 21 heavy (non-hydrogen) atoms. The zero-order valence-electron chi connectivity index (χ0n) is 11.8. The number of fused-ring (bicyclic) bond motifs is 1. The Morgan fingerprint density at radius 2 is 2.05 bits per heavy atom. The van der Waals surface area contributed by atoms with Crippen molar-refractivity contribution >= 4 is 11.6 Å². The Balaban J connectivity index is 1.74. The number of hydrogen-bond donors (Lipinski definition) is 0. The van der Waals surface area contributed by atoms with Gasteiger partial charge in [0, 0.05) is 18.3 Å². The quantitative estimate of drug-likeness (QED) is 0.867. The Labute approximate surface area is 123 Å². The normalized spacial score (nSPS) is 14.7. The van der Waals surface area contributed by atoms with E-state index in [1.807, 2.05) is 24.3 Å². The van der Waals surface area contributed by atoms with E-state index >= 15 is 0 Å². The highest BCUT2D eigenvalue weighted by atomic mass is 19.1. The van der Waals surface area contributed by atoms with Crippen LogP contribution in [0.5, 0.6) is 5.75 Å². The van der Waals surface area contributed by atoms with Crippen LogP contribution in [0.2, 0.25) is 0 Å². The number of carbonyl (C=O) groups is 1. The van der Waals surface area contributed by atoms with E-state index < -0.39 is 6.10 Å². The van der Waals surface area contributed by atoms with Crippen LogP contribution in [0.3, 0.4) is 0 Å². The van der Waals surface area contributed by atoms with Crippen molar-refractivity contribution in [1.82, 2.24) is 0 Å². The van der Waals surface area contributed by atoms with Gasteiger partial charge in [-0.25, -0.2) is 4.39 Å². The maximum atomic E-state index is 13.1. The Morgan fingerprint density at radius 3 is 2.86 bits per heavy atom. The first-order valence-corrected chi connectivity index (χ1v) is 6.96. The molecule has 1 aliphatic rings. The van der Waals surface area contributed by atoms with E-state index in [0.717, 1.165) is 12.1 Å². The molecule has 4 heteroatoms. The third-order valence-corrected chi connectivity index (χ3v) is 3.61. The zero-order valence-corrected chi connectivity index (χ0v) is 11.8. The molecule has 0 radical (unpaired) electrons. The summed E-state index contributed by atoms with van der Waals surface area (Å²) in [6.45, 7) is 2.35. The molecular weight excluding hydrogens is 269 g/mol. The van der Waals surface area contributed by atoms with E-state index in [1.165, 1.54) is 17.7 Å². The number of anilines is 1. The number of amides is 1. The van der Waals surface area contributed by atoms with Crippen molar-refractivity contribution in [3.63, 3.8) is 0 Å². The number of para-hydroxylation sites is 1. The van der Waals surface area contributed by atoms with Gasteiger partial charge in [0.2, 0.25) is 0 Å². The molecule has 0 aliphatic carbocycles. The summed E-state index contributed by atoms with van der Waals surface area (Å²) in [6.07, 6.45) is 0.201. The van der Waals surface area contributed by atoms with Gasteiger partial charge in [0.1, 0.15) is 11.6 Å². The average molecular weight is 285 g/mol. The molecule has 0 saturated carbocycles. The number of carbonyl (C=O) groups excluding carboxylic acids is 1. The van der Waals surface area contributed by atoms with Crippen LogP contribution in [0.1, 0.15) is 12.5 Å². The molecule has 3 rings (SSSR count). The SMILES string of the molecule is CC(Oc1cccc(F)c1)C(=O)N1CCc2ccccc21. The van der Waals surface area contributed by atoms with Crippen LogP contribution in [0.15, 0.2) is 48.5 Å². The summed E-state index contributed by atoms with van der Waals surface area (Å²) in [6, 6.07) is 13.7. The minimum Gasteiger partial charge on any atom is -0.481 e. The minimum absolute atomic E-state index is 0.107. The summed E-state index contributed by atoms with van der Waals surface area (Å²) in [5.74, 6) is -0.119. The van der Waals surface area contributed by atoms with Crippen molar-refractivity contribution in [2.24, 2.45) is 0 Å². The number of hydrogen-bond acceptors (Lipinski definition) is 2. The maximum Gasteiger partial charge on any atom is 0.267 e. The highest BCUT2D eigenvalue weighted by Crippen LogP contribution is 2.28. The molecular formula is C17H16FNO2. The Bertz CT molecular complexity index is 671. The van der Waals surface area contributed by atoms with E-state index in [4.69, 9.17) is 4.74 Å². The van der Waals surface area contributed by atoms with Gasteiger partial charge in [0.25, 0.3) is 5.91 Å². The molecule has 1 heterocycles. The number of ether oxygens (including phenoxy) is 1. The first kappa shape index (κ1) is 13.6. The van der Waals surface area contributed by atoms with Crippen LogP contribution in [-0.2, 0) is 11.2 Å². The molecule has 0 saturated heterocycles. The second-order valence-electron chi connectivity index (χ2n) is 5.09. The summed E-state index contributed by atoms with van der Waals surface area (Å²) < 4.78 is 18.7. The van der Waals surface area contributed by atoms with Gasteiger partial charge in [0.05, 0.1) is 0 Å². The lowest BCUT2D eigenvalue weighted by molar-refractivity contribution is -0.124. The Kier molecular flexibility index (Phi) is 3.60. The molecule has 108 valence electrons. The fourth-order valence-corrected chi connectivity index (χ4v) is 2.58. The molecule has 0 N–H and O–H groups in total. The van der Waals surface area contributed by atoms with Gasteiger partial charge in [-0.2, -0.15) is 0 Å². The van der Waals surface area contributed by atoms with Crippen LogP contribution in [0, 0.1) is 5.82 Å². The number of halogens is 1. The summed E-state index contributed by atoms with van der Waals surface area (Å²) in [5, 5.41) is 0. The van der Waals surface area contributed by atoms with Crippen molar-refractivity contribution < 1.29 is 13.9 Å². The van der Waals surface area contributed by atoms with Gasteiger partial charge < -0.3 is 9.64 Å². The van der Waals surface area contributed by atoms with Gasteiger partial charge in [0.15, 0.2) is 6.10 Å². The lowest BCUT2D eigenvalue weighted by Gasteiger charge is -2.22. The molecule has 0 bridgehead atoms. The largest absolute Gasteiger partial charge is 0.481 e. The molecule has 0 fully saturated rings. The fraction of sp³-hybridized carbons (Fsp3) is 0.235. The van der Waals surface area contributed by atoms with Crippen LogP contribution in [0.4, 0.5) is 10.1 Å². The van der Waals surface area contributed by atoms with Crippen LogP contribution < -0.4 is 9.64 Å². The molecule has 2 aromatic rings. The number of rotatable bonds is 3. The Morgan fingerprint density at radius 1 is 1.24 bits per heavy atom. The van der Waals surface area contributed by atoms with Gasteiger partial charge in [-0.15, -0.1) is 0 Å². The van der Waals surface area contributed by atoms with Crippen molar-refractivity contribution in [3.8, 4) is 5.75 Å². The molecule has 2 aromatic carbocycles. The van der Waals surface area contributed by atoms with E-state index in [9.17, 15) is 9.18 Å². The smallest absolute Gasteiger partial charge is 0.267 e. The molecule has 0 aromatic heterocycles. The summed E-state index contributed by atoms with van der Waals surface area (Å²) in [4.78, 5) is 14.2. The standard InChI is InChI=1S/C17H16FNO2/c1-12(21-15-7-4-6-14(18)11-15)17(20)19-10-9-13-5-2-3-8-16(13)19/h2-8,11-12H,9-10H2,1H3.